The van der Waals surface area contributed by atoms with Crippen molar-refractivity contribution < 1.29 is 28.6 Å². The zero-order valence-corrected chi connectivity index (χ0v) is 9.55. The third-order valence-electron chi connectivity index (χ3n) is 2.45. The fourth-order valence-electron chi connectivity index (χ4n) is 1.52. The summed E-state index contributed by atoms with van der Waals surface area (Å²) in [5, 5.41) is 11.3. The Morgan fingerprint density at radius 2 is 2.28 bits per heavy atom. The highest BCUT2D eigenvalue weighted by Gasteiger charge is 2.18. The van der Waals surface area contributed by atoms with Crippen molar-refractivity contribution in [1.82, 2.24) is 5.32 Å². The van der Waals surface area contributed by atoms with Crippen LogP contribution in [0.4, 0.5) is 0 Å². The van der Waals surface area contributed by atoms with Crippen LogP contribution >= 0.6 is 0 Å². The van der Waals surface area contributed by atoms with Crippen LogP contribution in [0, 0.1) is 0 Å². The molecular weight excluding hydrogens is 242 g/mol. The topological polar surface area (TPSA) is 98.0 Å². The number of carboxylic acid groups (broad SMARTS) is 1. The third kappa shape index (κ3) is 3.08. The van der Waals surface area contributed by atoms with Crippen LogP contribution in [0.2, 0.25) is 0 Å². The number of carbonyl (C=O) groups excluding carboxylic acids is 1. The molecule has 0 aliphatic carbocycles. The van der Waals surface area contributed by atoms with E-state index in [0.717, 1.165) is 6.26 Å². The first kappa shape index (κ1) is 12.6. The molecule has 18 heavy (non-hydrogen) atoms. The van der Waals surface area contributed by atoms with Crippen molar-refractivity contribution in [2.75, 3.05) is 26.4 Å². The Bertz CT molecular complexity index is 434. The van der Waals surface area contributed by atoms with Gasteiger partial charge in [-0.15, -0.1) is 0 Å². The Kier molecular flexibility index (Phi) is 3.96. The predicted octanol–water partition coefficient (Wildman–Crippen LogP) is 0.123. The number of hydrogen-bond acceptors (Lipinski definition) is 5. The molecule has 2 N–H and O–H groups in total. The normalized spacial score (nSPS) is 19.4. The Labute approximate surface area is 103 Å². The van der Waals surface area contributed by atoms with Crippen molar-refractivity contribution in [3.05, 3.63) is 23.7 Å². The lowest BCUT2D eigenvalue weighted by Gasteiger charge is -2.22. The summed E-state index contributed by atoms with van der Waals surface area (Å²) in [5.41, 5.74) is -0.0580. The quantitative estimate of drug-likeness (QED) is 0.793. The van der Waals surface area contributed by atoms with E-state index in [2.05, 4.69) is 5.32 Å². The first-order valence-corrected chi connectivity index (χ1v) is 5.46. The SMILES string of the molecule is O=C(O)c1coc(C(=O)NCC2COCCO2)c1. The average Bonchev–Trinajstić information content (AvgIpc) is 2.87. The number of nitrogens with one attached hydrogen (secondary N) is 1. The summed E-state index contributed by atoms with van der Waals surface area (Å²) in [4.78, 5) is 22.2. The van der Waals surface area contributed by atoms with Crippen LogP contribution in [-0.2, 0) is 9.47 Å². The van der Waals surface area contributed by atoms with Gasteiger partial charge in [0, 0.05) is 12.6 Å². The number of ether oxygens (including phenoxy) is 2. The molecule has 2 rings (SSSR count). The Balaban J connectivity index is 1.84. The van der Waals surface area contributed by atoms with E-state index >= 15 is 0 Å². The summed E-state index contributed by atoms with van der Waals surface area (Å²) in [6, 6.07) is 1.18. The molecule has 0 saturated carbocycles. The molecular formula is C11H13NO6. The largest absolute Gasteiger partial charge is 0.478 e. The molecule has 1 aliphatic rings. The molecule has 1 atom stereocenters. The smallest absolute Gasteiger partial charge is 0.338 e. The maximum absolute atomic E-state index is 11.6. The Hall–Kier alpha value is -1.86. The molecule has 0 aromatic carbocycles. The second-order valence-corrected chi connectivity index (χ2v) is 3.78. The van der Waals surface area contributed by atoms with E-state index in [0.29, 0.717) is 26.4 Å². The van der Waals surface area contributed by atoms with Gasteiger partial charge >= 0.3 is 5.97 Å². The summed E-state index contributed by atoms with van der Waals surface area (Å²) in [6.07, 6.45) is 0.842. The van der Waals surface area contributed by atoms with E-state index in [1.54, 1.807) is 0 Å². The maximum Gasteiger partial charge on any atom is 0.338 e. The average molecular weight is 255 g/mol. The van der Waals surface area contributed by atoms with Gasteiger partial charge in [0.2, 0.25) is 0 Å². The van der Waals surface area contributed by atoms with E-state index in [4.69, 9.17) is 19.0 Å². The van der Waals surface area contributed by atoms with Gasteiger partial charge in [-0.1, -0.05) is 0 Å². The van der Waals surface area contributed by atoms with Crippen LogP contribution in [0.1, 0.15) is 20.9 Å². The van der Waals surface area contributed by atoms with Crippen molar-refractivity contribution in [1.29, 1.82) is 0 Å². The molecule has 1 unspecified atom stereocenters. The minimum Gasteiger partial charge on any atom is -0.478 e. The van der Waals surface area contributed by atoms with Gasteiger partial charge in [-0.3, -0.25) is 4.79 Å². The first-order valence-electron chi connectivity index (χ1n) is 5.46. The van der Waals surface area contributed by atoms with Crippen LogP contribution in [0.25, 0.3) is 0 Å². The summed E-state index contributed by atoms with van der Waals surface area (Å²) in [7, 11) is 0. The monoisotopic (exact) mass is 255 g/mol. The van der Waals surface area contributed by atoms with Crippen LogP contribution in [0.3, 0.4) is 0 Å². The van der Waals surface area contributed by atoms with Gasteiger partial charge < -0.3 is 24.3 Å². The van der Waals surface area contributed by atoms with E-state index in [-0.39, 0.29) is 17.4 Å². The molecule has 1 fully saturated rings. The van der Waals surface area contributed by atoms with E-state index in [1.807, 2.05) is 0 Å². The van der Waals surface area contributed by atoms with Crippen molar-refractivity contribution >= 4 is 11.9 Å². The molecule has 7 heteroatoms. The molecule has 1 aromatic heterocycles. The summed E-state index contributed by atoms with van der Waals surface area (Å²) >= 11 is 0. The maximum atomic E-state index is 11.6. The molecule has 1 amide bonds. The van der Waals surface area contributed by atoms with Crippen LogP contribution in [0.5, 0.6) is 0 Å². The fraction of sp³-hybridized carbons (Fsp3) is 0.455. The third-order valence-corrected chi connectivity index (χ3v) is 2.45. The van der Waals surface area contributed by atoms with Crippen LogP contribution < -0.4 is 5.32 Å². The Morgan fingerprint density at radius 3 is 2.89 bits per heavy atom. The number of aromatic carboxylic acids is 1. The van der Waals surface area contributed by atoms with Crippen LogP contribution in [-0.4, -0.2) is 49.5 Å². The van der Waals surface area contributed by atoms with Gasteiger partial charge in [0.25, 0.3) is 5.91 Å². The molecule has 2 heterocycles. The van der Waals surface area contributed by atoms with Crippen molar-refractivity contribution in [2.45, 2.75) is 6.10 Å². The van der Waals surface area contributed by atoms with E-state index < -0.39 is 11.9 Å². The van der Waals surface area contributed by atoms with Gasteiger partial charge in [0.15, 0.2) is 5.76 Å². The minimum atomic E-state index is -1.14. The standard InChI is InChI=1S/C11H13NO6/c13-10(9-3-7(5-18-9)11(14)15)12-4-8-6-16-1-2-17-8/h3,5,8H,1-2,4,6H2,(H,12,13)(H,14,15). The van der Waals surface area contributed by atoms with Gasteiger partial charge in [0.1, 0.15) is 6.26 Å². The molecule has 98 valence electrons. The lowest BCUT2D eigenvalue weighted by molar-refractivity contribution is -0.0856. The number of hydrogen-bond donors (Lipinski definition) is 2. The predicted molar refractivity (Wildman–Crippen MR) is 58.6 cm³/mol. The molecule has 1 aromatic rings. The molecule has 1 saturated heterocycles. The van der Waals surface area contributed by atoms with E-state index in [9.17, 15) is 9.59 Å². The summed E-state index contributed by atoms with van der Waals surface area (Å²) in [5.74, 6) is -1.65. The zero-order valence-electron chi connectivity index (χ0n) is 9.55. The zero-order chi connectivity index (χ0) is 13.0. The van der Waals surface area contributed by atoms with Gasteiger partial charge in [0.05, 0.1) is 31.5 Å². The molecule has 0 radical (unpaired) electrons. The van der Waals surface area contributed by atoms with Crippen molar-refractivity contribution in [2.24, 2.45) is 0 Å². The number of carbonyl (C=O) groups is 2. The Morgan fingerprint density at radius 1 is 1.44 bits per heavy atom. The first-order chi connectivity index (χ1) is 8.66. The number of carboxylic acids is 1. The summed E-state index contributed by atoms with van der Waals surface area (Å²) in [6.45, 7) is 1.79. The lowest BCUT2D eigenvalue weighted by Crippen LogP contribution is -2.39. The van der Waals surface area contributed by atoms with Gasteiger partial charge in [-0.25, -0.2) is 4.79 Å². The lowest BCUT2D eigenvalue weighted by atomic mass is 10.3. The van der Waals surface area contributed by atoms with Gasteiger partial charge in [-0.2, -0.15) is 0 Å². The van der Waals surface area contributed by atoms with Gasteiger partial charge in [-0.05, 0) is 0 Å². The second-order valence-electron chi connectivity index (χ2n) is 3.78. The van der Waals surface area contributed by atoms with Crippen molar-refractivity contribution in [3.63, 3.8) is 0 Å². The molecule has 7 nitrogen and oxygen atoms in total. The second kappa shape index (κ2) is 5.65. The summed E-state index contributed by atoms with van der Waals surface area (Å²) < 4.78 is 15.4. The molecule has 0 spiro atoms. The highest BCUT2D eigenvalue weighted by Crippen LogP contribution is 2.08. The van der Waals surface area contributed by atoms with Crippen molar-refractivity contribution in [3.8, 4) is 0 Å². The number of furan rings is 1. The molecule has 0 bridgehead atoms. The highest BCUT2D eigenvalue weighted by molar-refractivity contribution is 5.95. The van der Waals surface area contributed by atoms with Crippen LogP contribution in [0.15, 0.2) is 16.7 Å². The number of amides is 1. The minimum absolute atomic E-state index is 0.0378. The van der Waals surface area contributed by atoms with E-state index in [1.165, 1.54) is 6.07 Å². The number of rotatable bonds is 4. The highest BCUT2D eigenvalue weighted by atomic mass is 16.6. The molecule has 1 aliphatic heterocycles. The fourth-order valence-corrected chi connectivity index (χ4v) is 1.52.